The highest BCUT2D eigenvalue weighted by Gasteiger charge is 2.70. The van der Waals surface area contributed by atoms with Crippen molar-refractivity contribution in [3.05, 3.63) is 135 Å². The first kappa shape index (κ1) is 33.8. The highest BCUT2D eigenvalue weighted by atomic mass is 35.5. The summed E-state index contributed by atoms with van der Waals surface area (Å²) in [4.78, 5) is 71.5. The van der Waals surface area contributed by atoms with E-state index in [-0.39, 0.29) is 40.6 Å². The van der Waals surface area contributed by atoms with E-state index < -0.39 is 64.5 Å². The van der Waals surface area contributed by atoms with Gasteiger partial charge in [-0.15, -0.1) is 0 Å². The lowest BCUT2D eigenvalue weighted by Gasteiger charge is -2.50. The second-order valence-electron chi connectivity index (χ2n) is 13.7. The zero-order valence-corrected chi connectivity index (χ0v) is 29.1. The average Bonchev–Trinajstić information content (AvgIpc) is 3.51. The number of phenolic OH excluding ortho intramolecular Hbond substituents is 1. The molecule has 0 bridgehead atoms. The van der Waals surface area contributed by atoms with Crippen LogP contribution in [0.4, 0.5) is 15.8 Å². The maximum Gasteiger partial charge on any atom is 0.260 e. The van der Waals surface area contributed by atoms with E-state index in [9.17, 15) is 28.7 Å². The molecule has 262 valence electrons. The number of carbonyl (C=O) groups excluding carboxylic acids is 5. The molecule has 9 nitrogen and oxygen atoms in total. The summed E-state index contributed by atoms with van der Waals surface area (Å²) in [6.07, 6.45) is 2.06. The Bertz CT molecular complexity index is 2230. The Labute approximate surface area is 307 Å². The van der Waals surface area contributed by atoms with Gasteiger partial charge in [0.1, 0.15) is 11.6 Å². The number of hydrogen-bond acceptors (Lipinski definition) is 7. The van der Waals surface area contributed by atoms with Crippen LogP contribution in [0.1, 0.15) is 47.2 Å². The number of anilines is 2. The fourth-order valence-corrected chi connectivity index (χ4v) is 9.16. The number of phenols is 1. The molecule has 4 aromatic carbocycles. The number of halogens is 3. The Morgan fingerprint density at radius 1 is 0.846 bits per heavy atom. The monoisotopic (exact) mass is 737 g/mol. The number of benzene rings is 4. The van der Waals surface area contributed by atoms with Crippen LogP contribution in [0.15, 0.2) is 103 Å². The molecule has 4 amide bonds. The van der Waals surface area contributed by atoms with Crippen LogP contribution in [0.2, 0.25) is 10.0 Å². The molecular weight excluding hydrogens is 708 g/mol. The van der Waals surface area contributed by atoms with Gasteiger partial charge in [-0.25, -0.2) is 4.39 Å². The molecule has 0 radical (unpaired) electrons. The molecule has 8 rings (SSSR count). The highest BCUT2D eigenvalue weighted by molar-refractivity contribution is 6.31. The van der Waals surface area contributed by atoms with Gasteiger partial charge in [0.05, 0.1) is 34.5 Å². The van der Waals surface area contributed by atoms with Crippen LogP contribution in [0.25, 0.3) is 0 Å². The number of Topliss-reactive ketones (excluding diaryl/α,β-unsaturated/α-hetero) is 1. The minimum atomic E-state index is -1.67. The number of nitrogens with one attached hydrogen (secondary N) is 1. The number of amides is 4. The van der Waals surface area contributed by atoms with Gasteiger partial charge in [-0.1, -0.05) is 47.0 Å². The SMILES string of the molecule is CC(=O)c1ccc(N2C(=O)[C@H]3[C@H](CC=C4[C@H]3C[C@H]3C(=O)N(Nc5ccc(F)cc5)C(=O)[C@@]3(c3ccc(Cl)cc3)[C@H]4c3cc(Cl)ccc3O)C2=O)cc1. The number of allylic oxidation sites excluding steroid dienone is 2. The number of ketones is 1. The predicted molar refractivity (Wildman–Crippen MR) is 191 cm³/mol. The molecule has 3 fully saturated rings. The van der Waals surface area contributed by atoms with E-state index in [0.717, 1.165) is 9.91 Å². The molecule has 2 aliphatic carbocycles. The average molecular weight is 739 g/mol. The number of rotatable bonds is 6. The summed E-state index contributed by atoms with van der Waals surface area (Å²) < 4.78 is 13.8. The zero-order chi connectivity index (χ0) is 36.6. The van der Waals surface area contributed by atoms with Crippen molar-refractivity contribution >= 4 is 64.0 Å². The van der Waals surface area contributed by atoms with Crippen LogP contribution in [-0.4, -0.2) is 39.5 Å². The minimum Gasteiger partial charge on any atom is -0.508 e. The molecule has 2 aliphatic heterocycles. The van der Waals surface area contributed by atoms with Crippen LogP contribution in [0, 0.1) is 29.5 Å². The van der Waals surface area contributed by atoms with Gasteiger partial charge in [0.2, 0.25) is 11.8 Å². The van der Waals surface area contributed by atoms with Gasteiger partial charge in [-0.05, 0) is 110 Å². The summed E-state index contributed by atoms with van der Waals surface area (Å²) >= 11 is 12.9. The second-order valence-corrected chi connectivity index (χ2v) is 14.6. The fraction of sp³-hybridized carbons (Fsp3) is 0.225. The lowest BCUT2D eigenvalue weighted by molar-refractivity contribution is -0.138. The molecule has 4 aliphatic rings. The minimum absolute atomic E-state index is 0.0236. The summed E-state index contributed by atoms with van der Waals surface area (Å²) in [5, 5.41) is 13.1. The van der Waals surface area contributed by atoms with Crippen molar-refractivity contribution in [2.75, 3.05) is 10.3 Å². The summed E-state index contributed by atoms with van der Waals surface area (Å²) in [6, 6.07) is 22.6. The summed E-state index contributed by atoms with van der Waals surface area (Å²) in [6.45, 7) is 1.43. The topological polar surface area (TPSA) is 124 Å². The molecule has 2 saturated heterocycles. The van der Waals surface area contributed by atoms with Crippen molar-refractivity contribution in [1.29, 1.82) is 0 Å². The van der Waals surface area contributed by atoms with Gasteiger partial charge in [-0.2, -0.15) is 5.01 Å². The first-order chi connectivity index (χ1) is 24.9. The lowest BCUT2D eigenvalue weighted by Crippen LogP contribution is -2.53. The molecule has 52 heavy (non-hydrogen) atoms. The lowest BCUT2D eigenvalue weighted by atomic mass is 9.49. The Hall–Kier alpha value is -5.32. The van der Waals surface area contributed by atoms with E-state index in [0.29, 0.717) is 27.4 Å². The van der Waals surface area contributed by atoms with E-state index in [4.69, 9.17) is 23.2 Å². The van der Waals surface area contributed by atoms with Crippen molar-refractivity contribution in [2.45, 2.75) is 31.1 Å². The van der Waals surface area contributed by atoms with Crippen LogP contribution < -0.4 is 10.3 Å². The highest BCUT2D eigenvalue weighted by Crippen LogP contribution is 2.65. The van der Waals surface area contributed by atoms with Crippen LogP contribution in [-0.2, 0) is 24.6 Å². The standard InChI is InChI=1S/C40H30Cl2FN3O6/c1-20(47)21-2-13-27(14-3-21)45-36(49)29-16-15-28-30(34(29)38(45)51)19-32-37(50)46(44-26-11-9-25(43)10-12-26)39(52)40(32,22-4-6-23(41)7-5-22)35(28)31-18-24(42)8-17-33(31)48/h2-15,17-18,29-30,32,34-35,44,48H,16,19H2,1H3/t29-,30+,32-,34-,35+,40+/m0/s1. The van der Waals surface area contributed by atoms with E-state index in [1.54, 1.807) is 54.6 Å². The molecule has 6 atom stereocenters. The number of hydrazine groups is 1. The van der Waals surface area contributed by atoms with E-state index in [2.05, 4.69) is 5.43 Å². The van der Waals surface area contributed by atoms with E-state index >= 15 is 4.79 Å². The summed E-state index contributed by atoms with van der Waals surface area (Å²) in [5.41, 5.74) is 3.63. The normalized spacial score (nSPS) is 26.5. The fourth-order valence-electron chi connectivity index (χ4n) is 8.86. The van der Waals surface area contributed by atoms with Crippen molar-refractivity contribution in [1.82, 2.24) is 5.01 Å². The van der Waals surface area contributed by atoms with Gasteiger partial charge in [0.25, 0.3) is 11.8 Å². The van der Waals surface area contributed by atoms with Crippen LogP contribution in [0.5, 0.6) is 5.75 Å². The molecule has 1 saturated carbocycles. The van der Waals surface area contributed by atoms with Crippen LogP contribution >= 0.6 is 23.2 Å². The Balaban J connectivity index is 1.31. The van der Waals surface area contributed by atoms with E-state index in [1.165, 1.54) is 43.3 Å². The Kier molecular flexibility index (Phi) is 8.08. The van der Waals surface area contributed by atoms with Gasteiger partial charge >= 0.3 is 0 Å². The Morgan fingerprint density at radius 3 is 2.19 bits per heavy atom. The molecule has 2 heterocycles. The molecular formula is C40H30Cl2FN3O6. The van der Waals surface area contributed by atoms with Crippen LogP contribution in [0.3, 0.4) is 0 Å². The third kappa shape index (κ3) is 4.99. The number of aromatic hydroxyl groups is 1. The van der Waals surface area contributed by atoms with Gasteiger partial charge in [-0.3, -0.25) is 34.3 Å². The number of hydrogen-bond donors (Lipinski definition) is 2. The third-order valence-corrected chi connectivity index (χ3v) is 11.6. The summed E-state index contributed by atoms with van der Waals surface area (Å²) in [7, 11) is 0. The maximum atomic E-state index is 15.2. The number of nitrogens with zero attached hydrogens (tertiary/aromatic N) is 2. The summed E-state index contributed by atoms with van der Waals surface area (Å²) in [5.74, 6) is -7.31. The molecule has 0 spiro atoms. The zero-order valence-electron chi connectivity index (χ0n) is 27.6. The van der Waals surface area contributed by atoms with Crippen molar-refractivity contribution in [3.63, 3.8) is 0 Å². The smallest absolute Gasteiger partial charge is 0.260 e. The molecule has 4 aromatic rings. The molecule has 0 unspecified atom stereocenters. The third-order valence-electron chi connectivity index (χ3n) is 11.1. The quantitative estimate of drug-likeness (QED) is 0.122. The molecule has 0 aromatic heterocycles. The number of imide groups is 2. The van der Waals surface area contributed by atoms with E-state index in [1.807, 2.05) is 6.08 Å². The largest absolute Gasteiger partial charge is 0.508 e. The molecule has 12 heteroatoms. The maximum absolute atomic E-state index is 15.2. The predicted octanol–water partition coefficient (Wildman–Crippen LogP) is 7.23. The van der Waals surface area contributed by atoms with Gasteiger partial charge in [0, 0.05) is 27.1 Å². The number of carbonyl (C=O) groups is 5. The first-order valence-corrected chi connectivity index (χ1v) is 17.5. The Morgan fingerprint density at radius 2 is 1.52 bits per heavy atom. The second kappa shape index (κ2) is 12.4. The molecule has 2 N–H and O–H groups in total. The van der Waals surface area contributed by atoms with Crippen molar-refractivity contribution in [3.8, 4) is 5.75 Å². The van der Waals surface area contributed by atoms with Crippen molar-refractivity contribution < 1.29 is 33.5 Å². The van der Waals surface area contributed by atoms with Crippen molar-refractivity contribution in [2.24, 2.45) is 23.7 Å². The number of fused-ring (bicyclic) bond motifs is 4. The van der Waals surface area contributed by atoms with Gasteiger partial charge < -0.3 is 5.11 Å². The van der Waals surface area contributed by atoms with Gasteiger partial charge in [0.15, 0.2) is 5.78 Å². The first-order valence-electron chi connectivity index (χ1n) is 16.8.